The summed E-state index contributed by atoms with van der Waals surface area (Å²) in [4.78, 5) is 16.8. The van der Waals surface area contributed by atoms with Gasteiger partial charge >= 0.3 is 0 Å². The second-order valence-corrected chi connectivity index (χ2v) is 6.48. The van der Waals surface area contributed by atoms with Crippen LogP contribution in [0.25, 0.3) is 16.9 Å². The average molecular weight is 356 g/mol. The molecular formula is C18H18ClN5O. The van der Waals surface area contributed by atoms with Crippen molar-refractivity contribution >= 4 is 29.0 Å². The Hall–Kier alpha value is -2.60. The van der Waals surface area contributed by atoms with Gasteiger partial charge in [-0.25, -0.2) is 9.50 Å². The number of hydrogen-bond donors (Lipinski definition) is 2. The summed E-state index contributed by atoms with van der Waals surface area (Å²) in [5.41, 5.74) is 2.89. The summed E-state index contributed by atoms with van der Waals surface area (Å²) >= 11 is 6.24. The number of aromatic nitrogens is 3. The molecule has 0 radical (unpaired) electrons. The van der Waals surface area contributed by atoms with Crippen molar-refractivity contribution < 1.29 is 4.79 Å². The summed E-state index contributed by atoms with van der Waals surface area (Å²) < 4.78 is 1.78. The monoisotopic (exact) mass is 355 g/mol. The number of rotatable bonds is 0. The van der Waals surface area contributed by atoms with E-state index < -0.39 is 0 Å². The summed E-state index contributed by atoms with van der Waals surface area (Å²) in [7, 11) is 0. The fraction of sp³-hybridized carbons (Fsp3) is 0.278. The number of hydrogen-bond acceptors (Lipinski definition) is 4. The van der Waals surface area contributed by atoms with E-state index in [0.29, 0.717) is 17.1 Å². The molecule has 0 saturated carbocycles. The number of anilines is 1. The molecule has 0 fully saturated rings. The number of imidazole rings is 1. The van der Waals surface area contributed by atoms with Crippen molar-refractivity contribution in [3.63, 3.8) is 0 Å². The third-order valence-corrected chi connectivity index (χ3v) is 4.64. The highest BCUT2D eigenvalue weighted by molar-refractivity contribution is 6.34. The van der Waals surface area contributed by atoms with Crippen LogP contribution >= 0.6 is 11.6 Å². The molecule has 2 aromatic heterocycles. The minimum Gasteiger partial charge on any atom is -0.369 e. The van der Waals surface area contributed by atoms with Crippen LogP contribution in [0.4, 0.5) is 5.82 Å². The molecule has 3 aromatic rings. The maximum absolute atomic E-state index is 12.4. The molecule has 1 aromatic carbocycles. The number of nitrogens with one attached hydrogen (secondary N) is 2. The zero-order valence-electron chi connectivity index (χ0n) is 13.6. The van der Waals surface area contributed by atoms with E-state index in [1.165, 1.54) is 0 Å². The molecule has 128 valence electrons. The first-order valence-electron chi connectivity index (χ1n) is 8.39. The van der Waals surface area contributed by atoms with Crippen LogP contribution in [-0.4, -0.2) is 33.6 Å². The topological polar surface area (TPSA) is 71.3 Å². The van der Waals surface area contributed by atoms with Crippen molar-refractivity contribution in [2.24, 2.45) is 0 Å². The third-order valence-electron chi connectivity index (χ3n) is 4.31. The fourth-order valence-corrected chi connectivity index (χ4v) is 3.17. The van der Waals surface area contributed by atoms with Crippen LogP contribution in [-0.2, 0) is 0 Å². The highest BCUT2D eigenvalue weighted by Gasteiger charge is 2.14. The Morgan fingerprint density at radius 2 is 1.88 bits per heavy atom. The van der Waals surface area contributed by atoms with Gasteiger partial charge in [-0.2, -0.15) is 0 Å². The normalized spacial score (nSPS) is 15.3. The summed E-state index contributed by atoms with van der Waals surface area (Å²) in [6, 6.07) is 9.28. The Morgan fingerprint density at radius 3 is 2.76 bits per heavy atom. The Morgan fingerprint density at radius 1 is 1.04 bits per heavy atom. The van der Waals surface area contributed by atoms with E-state index in [2.05, 4.69) is 20.7 Å². The van der Waals surface area contributed by atoms with Crippen molar-refractivity contribution in [2.75, 3.05) is 18.4 Å². The Kier molecular flexibility index (Phi) is 4.28. The van der Waals surface area contributed by atoms with Crippen molar-refractivity contribution in [1.82, 2.24) is 19.9 Å². The number of halogens is 1. The number of carbonyl (C=O) groups is 1. The minimum atomic E-state index is -0.151. The molecule has 0 atom stereocenters. The lowest BCUT2D eigenvalue weighted by molar-refractivity contribution is 0.0953. The van der Waals surface area contributed by atoms with Gasteiger partial charge in [0.15, 0.2) is 5.65 Å². The average Bonchev–Trinajstić information content (AvgIpc) is 3.03. The summed E-state index contributed by atoms with van der Waals surface area (Å²) in [6.45, 7) is 1.48. The van der Waals surface area contributed by atoms with E-state index in [0.717, 1.165) is 48.5 Å². The molecule has 4 rings (SSSR count). The highest BCUT2D eigenvalue weighted by atomic mass is 35.5. The lowest BCUT2D eigenvalue weighted by Crippen LogP contribution is -2.24. The van der Waals surface area contributed by atoms with Crippen molar-refractivity contribution in [1.29, 1.82) is 0 Å². The molecular weight excluding hydrogens is 338 g/mol. The van der Waals surface area contributed by atoms with Crippen molar-refractivity contribution in [3.05, 3.63) is 47.1 Å². The molecule has 6 nitrogen and oxygen atoms in total. The fourth-order valence-electron chi connectivity index (χ4n) is 2.96. The first kappa shape index (κ1) is 15.9. The van der Waals surface area contributed by atoms with Gasteiger partial charge < -0.3 is 10.6 Å². The van der Waals surface area contributed by atoms with E-state index in [4.69, 9.17) is 11.6 Å². The SMILES string of the molecule is O=C1NCCCCCNc2ccc3ncc(n3n2)-c2ccc(Cl)c1c2. The predicted molar refractivity (Wildman–Crippen MR) is 98.1 cm³/mol. The molecule has 4 bridgehead atoms. The largest absolute Gasteiger partial charge is 0.369 e. The molecule has 25 heavy (non-hydrogen) atoms. The van der Waals surface area contributed by atoms with E-state index in [9.17, 15) is 4.79 Å². The van der Waals surface area contributed by atoms with Gasteiger partial charge in [0.25, 0.3) is 5.91 Å². The van der Waals surface area contributed by atoms with Crippen LogP contribution in [0, 0.1) is 0 Å². The number of fused-ring (bicyclic) bond motifs is 4. The maximum atomic E-state index is 12.4. The van der Waals surface area contributed by atoms with Crippen LogP contribution in [0.5, 0.6) is 0 Å². The smallest absolute Gasteiger partial charge is 0.252 e. The highest BCUT2D eigenvalue weighted by Crippen LogP contribution is 2.26. The second-order valence-electron chi connectivity index (χ2n) is 6.07. The van der Waals surface area contributed by atoms with E-state index >= 15 is 0 Å². The van der Waals surface area contributed by atoms with Crippen LogP contribution in [0.1, 0.15) is 29.6 Å². The lowest BCUT2D eigenvalue weighted by atomic mass is 10.1. The van der Waals surface area contributed by atoms with Gasteiger partial charge in [-0.05, 0) is 43.5 Å². The van der Waals surface area contributed by atoms with Gasteiger partial charge in [0, 0.05) is 18.7 Å². The molecule has 0 aliphatic carbocycles. The first-order chi connectivity index (χ1) is 12.2. The van der Waals surface area contributed by atoms with Crippen molar-refractivity contribution in [2.45, 2.75) is 19.3 Å². The van der Waals surface area contributed by atoms with Gasteiger partial charge in [0.2, 0.25) is 0 Å². The van der Waals surface area contributed by atoms with Gasteiger partial charge in [-0.15, -0.1) is 5.10 Å². The molecule has 1 aliphatic heterocycles. The summed E-state index contributed by atoms with van der Waals surface area (Å²) in [5.74, 6) is 0.660. The first-order valence-corrected chi connectivity index (χ1v) is 8.77. The molecule has 0 saturated heterocycles. The van der Waals surface area contributed by atoms with Crippen LogP contribution in [0.15, 0.2) is 36.5 Å². The van der Waals surface area contributed by atoms with Gasteiger partial charge in [-0.1, -0.05) is 17.7 Å². The molecule has 2 N–H and O–H groups in total. The minimum absolute atomic E-state index is 0.151. The van der Waals surface area contributed by atoms with Crippen molar-refractivity contribution in [3.8, 4) is 11.3 Å². The van der Waals surface area contributed by atoms with Crippen LogP contribution in [0.2, 0.25) is 5.02 Å². The van der Waals surface area contributed by atoms with Gasteiger partial charge in [0.1, 0.15) is 5.82 Å². The molecule has 3 heterocycles. The van der Waals surface area contributed by atoms with Gasteiger partial charge in [0.05, 0.1) is 22.5 Å². The molecule has 1 amide bonds. The van der Waals surface area contributed by atoms with Crippen LogP contribution < -0.4 is 10.6 Å². The lowest BCUT2D eigenvalue weighted by Gasteiger charge is -2.08. The summed E-state index contributed by atoms with van der Waals surface area (Å²) in [5, 5.41) is 11.4. The Labute approximate surface area is 150 Å². The molecule has 0 unspecified atom stereocenters. The zero-order valence-corrected chi connectivity index (χ0v) is 14.4. The third kappa shape index (κ3) is 3.17. The number of carbonyl (C=O) groups excluding carboxylic acids is 1. The second kappa shape index (κ2) is 6.72. The summed E-state index contributed by atoms with van der Waals surface area (Å²) in [6.07, 6.45) is 4.73. The van der Waals surface area contributed by atoms with Crippen LogP contribution in [0.3, 0.4) is 0 Å². The standard InChI is InChI=1S/C18H18ClN5O/c19-14-5-4-12-10-13(14)18(25)21-9-3-1-2-8-20-16-6-7-17-22-11-15(12)24(17)23-16/h4-7,10-11H,1-3,8-9H2,(H,20,23)(H,21,25). The molecule has 0 spiro atoms. The van der Waals surface area contributed by atoms with Gasteiger partial charge in [-0.3, -0.25) is 4.79 Å². The molecule has 7 heteroatoms. The Balaban J connectivity index is 1.84. The number of amides is 1. The predicted octanol–water partition coefficient (Wildman–Crippen LogP) is 3.38. The van der Waals surface area contributed by atoms with E-state index in [1.807, 2.05) is 18.2 Å². The number of benzene rings is 1. The number of nitrogens with zero attached hydrogens (tertiary/aromatic N) is 3. The maximum Gasteiger partial charge on any atom is 0.252 e. The van der Waals surface area contributed by atoms with E-state index in [1.54, 1.807) is 22.8 Å². The Bertz CT molecular complexity index is 936. The zero-order chi connectivity index (χ0) is 17.2. The molecule has 1 aliphatic rings. The quantitative estimate of drug-likeness (QED) is 0.648. The van der Waals surface area contributed by atoms with E-state index in [-0.39, 0.29) is 5.91 Å².